The number of aryl methyl sites for hydroxylation is 1. The molecule has 2 rings (SSSR count). The molecular formula is C12H17BrN2O2S. The van der Waals surface area contributed by atoms with Crippen molar-refractivity contribution in [1.82, 2.24) is 9.62 Å². The smallest absolute Gasteiger partial charge is 0.243 e. The normalized spacial score (nSPS) is 22.1. The quantitative estimate of drug-likeness (QED) is 0.897. The van der Waals surface area contributed by atoms with Crippen LogP contribution in [0.4, 0.5) is 0 Å². The van der Waals surface area contributed by atoms with Crippen LogP contribution in [0.15, 0.2) is 27.6 Å². The lowest BCUT2D eigenvalue weighted by Gasteiger charge is -2.32. The highest BCUT2D eigenvalue weighted by Gasteiger charge is 2.30. The predicted octanol–water partition coefficient (Wildman–Crippen LogP) is 1.74. The highest BCUT2D eigenvalue weighted by atomic mass is 79.9. The highest BCUT2D eigenvalue weighted by Crippen LogP contribution is 2.24. The lowest BCUT2D eigenvalue weighted by Crippen LogP contribution is -2.52. The van der Waals surface area contributed by atoms with Crippen molar-refractivity contribution in [1.29, 1.82) is 0 Å². The largest absolute Gasteiger partial charge is 0.314 e. The van der Waals surface area contributed by atoms with Crippen LogP contribution in [0.25, 0.3) is 0 Å². The van der Waals surface area contributed by atoms with E-state index in [1.54, 1.807) is 22.5 Å². The second-order valence-electron chi connectivity index (χ2n) is 4.58. The number of piperazine rings is 1. The molecular weight excluding hydrogens is 316 g/mol. The molecule has 0 radical (unpaired) electrons. The summed E-state index contributed by atoms with van der Waals surface area (Å²) in [5.74, 6) is 0. The average molecular weight is 333 g/mol. The van der Waals surface area contributed by atoms with E-state index in [1.165, 1.54) is 0 Å². The molecule has 1 aromatic rings. The van der Waals surface area contributed by atoms with E-state index in [9.17, 15) is 8.42 Å². The van der Waals surface area contributed by atoms with E-state index in [1.807, 2.05) is 13.8 Å². The van der Waals surface area contributed by atoms with Gasteiger partial charge in [0, 0.05) is 30.1 Å². The van der Waals surface area contributed by atoms with E-state index >= 15 is 0 Å². The minimum absolute atomic E-state index is 0.00676. The van der Waals surface area contributed by atoms with E-state index < -0.39 is 10.0 Å². The van der Waals surface area contributed by atoms with Gasteiger partial charge in [-0.25, -0.2) is 8.42 Å². The van der Waals surface area contributed by atoms with E-state index in [-0.39, 0.29) is 6.04 Å². The van der Waals surface area contributed by atoms with E-state index in [0.717, 1.165) is 10.0 Å². The van der Waals surface area contributed by atoms with Crippen molar-refractivity contribution in [3.8, 4) is 0 Å². The first-order chi connectivity index (χ1) is 8.43. The SMILES string of the molecule is Cc1cc(S(=O)(=O)N2CCNC[C@H]2C)ccc1Br. The summed E-state index contributed by atoms with van der Waals surface area (Å²) >= 11 is 3.39. The first-order valence-electron chi connectivity index (χ1n) is 5.91. The number of nitrogens with one attached hydrogen (secondary N) is 1. The van der Waals surface area contributed by atoms with Crippen LogP contribution in [-0.2, 0) is 10.0 Å². The third-order valence-corrected chi connectivity index (χ3v) is 6.08. The molecule has 0 aliphatic carbocycles. The maximum atomic E-state index is 12.5. The Labute approximate surface area is 117 Å². The Hall–Kier alpha value is -0.430. The zero-order valence-corrected chi connectivity index (χ0v) is 12.9. The highest BCUT2D eigenvalue weighted by molar-refractivity contribution is 9.10. The Kier molecular flexibility index (Phi) is 4.11. The van der Waals surface area contributed by atoms with Crippen LogP contribution in [0, 0.1) is 6.92 Å². The summed E-state index contributed by atoms with van der Waals surface area (Å²) in [6.07, 6.45) is 0. The summed E-state index contributed by atoms with van der Waals surface area (Å²) in [6, 6.07) is 5.15. The van der Waals surface area contributed by atoms with Crippen LogP contribution in [-0.4, -0.2) is 38.4 Å². The van der Waals surface area contributed by atoms with Crippen LogP contribution in [0.1, 0.15) is 12.5 Å². The minimum Gasteiger partial charge on any atom is -0.314 e. The standard InChI is InChI=1S/C12H17BrN2O2S/c1-9-7-11(3-4-12(9)13)18(16,17)15-6-5-14-8-10(15)2/h3-4,7,10,14H,5-6,8H2,1-2H3/t10-/m1/s1. The van der Waals surface area contributed by atoms with Gasteiger partial charge >= 0.3 is 0 Å². The molecule has 0 unspecified atom stereocenters. The summed E-state index contributed by atoms with van der Waals surface area (Å²) in [6.45, 7) is 5.76. The summed E-state index contributed by atoms with van der Waals surface area (Å²) in [5.41, 5.74) is 0.930. The number of sulfonamides is 1. The number of hydrogen-bond donors (Lipinski definition) is 1. The van der Waals surface area contributed by atoms with E-state index in [2.05, 4.69) is 21.2 Å². The lowest BCUT2D eigenvalue weighted by atomic mass is 10.2. The number of halogens is 1. The topological polar surface area (TPSA) is 49.4 Å². The number of benzene rings is 1. The van der Waals surface area contributed by atoms with Crippen molar-refractivity contribution in [3.05, 3.63) is 28.2 Å². The third kappa shape index (κ3) is 2.61. The molecule has 4 nitrogen and oxygen atoms in total. The van der Waals surface area contributed by atoms with Crippen LogP contribution in [0.2, 0.25) is 0 Å². The van der Waals surface area contributed by atoms with Crippen molar-refractivity contribution < 1.29 is 8.42 Å². The van der Waals surface area contributed by atoms with Gasteiger partial charge in [-0.2, -0.15) is 4.31 Å². The summed E-state index contributed by atoms with van der Waals surface area (Å²) in [5, 5.41) is 3.19. The maximum Gasteiger partial charge on any atom is 0.243 e. The molecule has 1 heterocycles. The second-order valence-corrected chi connectivity index (χ2v) is 7.32. The monoisotopic (exact) mass is 332 g/mol. The van der Waals surface area contributed by atoms with Crippen LogP contribution < -0.4 is 5.32 Å². The molecule has 1 aliphatic heterocycles. The summed E-state index contributed by atoms with van der Waals surface area (Å²) in [7, 11) is -3.38. The van der Waals surface area contributed by atoms with Crippen molar-refractivity contribution in [2.75, 3.05) is 19.6 Å². The second kappa shape index (κ2) is 5.28. The first kappa shape index (κ1) is 14.0. The van der Waals surface area contributed by atoms with Crippen LogP contribution in [0.5, 0.6) is 0 Å². The van der Waals surface area contributed by atoms with Crippen molar-refractivity contribution in [3.63, 3.8) is 0 Å². The molecule has 1 aromatic carbocycles. The zero-order valence-electron chi connectivity index (χ0n) is 10.5. The molecule has 1 N–H and O–H groups in total. The molecule has 0 amide bonds. The molecule has 1 atom stereocenters. The zero-order chi connectivity index (χ0) is 13.3. The molecule has 1 fully saturated rings. The summed E-state index contributed by atoms with van der Waals surface area (Å²) in [4.78, 5) is 0.372. The van der Waals surface area contributed by atoms with Gasteiger partial charge in [0.25, 0.3) is 0 Å². The van der Waals surface area contributed by atoms with E-state index in [4.69, 9.17) is 0 Å². The Balaban J connectivity index is 2.37. The molecule has 18 heavy (non-hydrogen) atoms. The average Bonchev–Trinajstić information content (AvgIpc) is 2.33. The van der Waals surface area contributed by atoms with Gasteiger partial charge in [0.1, 0.15) is 0 Å². The third-order valence-electron chi connectivity index (χ3n) is 3.18. The van der Waals surface area contributed by atoms with Crippen LogP contribution in [0.3, 0.4) is 0 Å². The molecule has 0 saturated carbocycles. The fraction of sp³-hybridized carbons (Fsp3) is 0.500. The lowest BCUT2D eigenvalue weighted by molar-refractivity contribution is 0.284. The Morgan fingerprint density at radius 2 is 2.17 bits per heavy atom. The predicted molar refractivity (Wildman–Crippen MR) is 75.1 cm³/mol. The fourth-order valence-corrected chi connectivity index (χ4v) is 4.06. The van der Waals surface area contributed by atoms with Gasteiger partial charge < -0.3 is 5.32 Å². The molecule has 0 aromatic heterocycles. The molecule has 1 aliphatic rings. The molecule has 6 heteroatoms. The Morgan fingerprint density at radius 1 is 1.44 bits per heavy atom. The molecule has 0 spiro atoms. The van der Waals surface area contributed by atoms with Crippen LogP contribution >= 0.6 is 15.9 Å². The van der Waals surface area contributed by atoms with Gasteiger partial charge in [-0.1, -0.05) is 15.9 Å². The fourth-order valence-electron chi connectivity index (χ4n) is 2.09. The van der Waals surface area contributed by atoms with Gasteiger partial charge in [0.05, 0.1) is 4.90 Å². The van der Waals surface area contributed by atoms with Gasteiger partial charge in [-0.3, -0.25) is 0 Å². The Bertz CT molecular complexity index is 545. The maximum absolute atomic E-state index is 12.5. The minimum atomic E-state index is -3.38. The molecule has 100 valence electrons. The van der Waals surface area contributed by atoms with Crippen molar-refractivity contribution in [2.45, 2.75) is 24.8 Å². The number of rotatable bonds is 2. The molecule has 0 bridgehead atoms. The number of nitrogens with zero attached hydrogens (tertiary/aromatic N) is 1. The van der Waals surface area contributed by atoms with Crippen molar-refractivity contribution in [2.24, 2.45) is 0 Å². The number of hydrogen-bond acceptors (Lipinski definition) is 3. The van der Waals surface area contributed by atoms with Gasteiger partial charge in [0.15, 0.2) is 0 Å². The first-order valence-corrected chi connectivity index (χ1v) is 8.15. The van der Waals surface area contributed by atoms with Gasteiger partial charge in [-0.15, -0.1) is 0 Å². The van der Waals surface area contributed by atoms with Gasteiger partial charge in [0.2, 0.25) is 10.0 Å². The van der Waals surface area contributed by atoms with E-state index in [0.29, 0.717) is 24.5 Å². The Morgan fingerprint density at radius 3 is 2.78 bits per heavy atom. The molecule has 1 saturated heterocycles. The van der Waals surface area contributed by atoms with Crippen molar-refractivity contribution >= 4 is 26.0 Å². The summed E-state index contributed by atoms with van der Waals surface area (Å²) < 4.78 is 27.6. The van der Waals surface area contributed by atoms with Gasteiger partial charge in [-0.05, 0) is 37.6 Å².